The lowest BCUT2D eigenvalue weighted by atomic mass is 10.4. The minimum Gasteiger partial charge on any atom is -0.448 e. The van der Waals surface area contributed by atoms with Gasteiger partial charge in [-0.3, -0.25) is 0 Å². The average molecular weight is 176 g/mol. The first kappa shape index (κ1) is 5.82. The predicted octanol–water partition coefficient (Wildman–Crippen LogP) is 1.88. The molecule has 0 fully saturated rings. The Kier molecular flexibility index (Phi) is 1.68. The fraction of sp³-hybridized carbons (Fsp3) is 0.400. The lowest BCUT2D eigenvalue weighted by Gasteiger charge is -1.82. The van der Waals surface area contributed by atoms with E-state index in [2.05, 4.69) is 20.9 Å². The quantitative estimate of drug-likeness (QED) is 0.610. The average Bonchev–Trinajstić information content (AvgIpc) is 2.14. The summed E-state index contributed by atoms with van der Waals surface area (Å²) in [5, 5.41) is 0.773. The van der Waals surface area contributed by atoms with Crippen LogP contribution in [0.4, 0.5) is 0 Å². The molecule has 1 aromatic heterocycles. The van der Waals surface area contributed by atoms with Crippen molar-refractivity contribution in [1.29, 1.82) is 0 Å². The van der Waals surface area contributed by atoms with Crippen LogP contribution in [0.5, 0.6) is 0 Å². The van der Waals surface area contributed by atoms with Gasteiger partial charge in [-0.2, -0.15) is 0 Å². The maximum Gasteiger partial charge on any atom is 0.181 e. The Labute approximate surface area is 56.0 Å². The van der Waals surface area contributed by atoms with E-state index < -0.39 is 0 Å². The van der Waals surface area contributed by atoms with Crippen molar-refractivity contribution in [2.24, 2.45) is 0 Å². The second kappa shape index (κ2) is 2.31. The number of hydrogen-bond donors (Lipinski definition) is 0. The number of hydrogen-bond acceptors (Lipinski definition) is 2. The standard InChI is InChI=1S/C5H6BrNO/c1-4-5(2-6)7-3-8-4/h3H,2H2,1H3. The highest BCUT2D eigenvalue weighted by molar-refractivity contribution is 9.08. The minimum atomic E-state index is 0.773. The molecule has 0 aromatic carbocycles. The molecule has 0 aliphatic carbocycles. The predicted molar refractivity (Wildman–Crippen MR) is 33.9 cm³/mol. The minimum absolute atomic E-state index is 0.773. The fourth-order valence-electron chi connectivity index (χ4n) is 0.457. The van der Waals surface area contributed by atoms with E-state index in [0.717, 1.165) is 16.8 Å². The SMILES string of the molecule is Cc1ocnc1CBr. The van der Waals surface area contributed by atoms with Gasteiger partial charge < -0.3 is 4.42 Å². The Bertz CT molecular complexity index is 173. The lowest BCUT2D eigenvalue weighted by molar-refractivity contribution is 0.525. The van der Waals surface area contributed by atoms with E-state index in [9.17, 15) is 0 Å². The van der Waals surface area contributed by atoms with Crippen LogP contribution >= 0.6 is 15.9 Å². The van der Waals surface area contributed by atoms with Gasteiger partial charge in [-0.25, -0.2) is 4.98 Å². The van der Waals surface area contributed by atoms with Gasteiger partial charge in [0.25, 0.3) is 0 Å². The van der Waals surface area contributed by atoms with Gasteiger partial charge in [0.2, 0.25) is 0 Å². The molecule has 2 nitrogen and oxygen atoms in total. The summed E-state index contributed by atoms with van der Waals surface area (Å²) in [6.07, 6.45) is 1.45. The maximum atomic E-state index is 4.91. The molecule has 1 heterocycles. The molecule has 1 rings (SSSR count). The molecule has 0 spiro atoms. The first-order valence-corrected chi connectivity index (χ1v) is 3.41. The summed E-state index contributed by atoms with van der Waals surface area (Å²) in [6, 6.07) is 0. The van der Waals surface area contributed by atoms with E-state index in [1.807, 2.05) is 6.92 Å². The molecular formula is C5H6BrNO. The molecule has 0 radical (unpaired) electrons. The van der Waals surface area contributed by atoms with Crippen molar-refractivity contribution in [3.8, 4) is 0 Å². The van der Waals surface area contributed by atoms with Gasteiger partial charge >= 0.3 is 0 Å². The number of rotatable bonds is 1. The number of nitrogens with zero attached hydrogens (tertiary/aromatic N) is 1. The van der Waals surface area contributed by atoms with E-state index in [-0.39, 0.29) is 0 Å². The lowest BCUT2D eigenvalue weighted by Crippen LogP contribution is -1.77. The Hall–Kier alpha value is -0.310. The molecule has 44 valence electrons. The maximum absolute atomic E-state index is 4.91. The second-order valence-electron chi connectivity index (χ2n) is 1.49. The van der Waals surface area contributed by atoms with E-state index >= 15 is 0 Å². The normalized spacial score (nSPS) is 9.75. The molecule has 3 heteroatoms. The van der Waals surface area contributed by atoms with Crippen LogP contribution in [-0.4, -0.2) is 4.98 Å². The van der Waals surface area contributed by atoms with Crippen LogP contribution < -0.4 is 0 Å². The van der Waals surface area contributed by atoms with E-state index in [1.54, 1.807) is 0 Å². The Morgan fingerprint density at radius 2 is 2.62 bits per heavy atom. The van der Waals surface area contributed by atoms with Gasteiger partial charge in [0.1, 0.15) is 5.76 Å². The molecule has 8 heavy (non-hydrogen) atoms. The molecule has 0 aliphatic heterocycles. The molecule has 0 aliphatic rings. The molecule has 0 atom stereocenters. The van der Waals surface area contributed by atoms with Crippen molar-refractivity contribution in [1.82, 2.24) is 4.98 Å². The largest absolute Gasteiger partial charge is 0.448 e. The molecule has 0 saturated carbocycles. The zero-order valence-corrected chi connectivity index (χ0v) is 6.10. The first-order valence-electron chi connectivity index (χ1n) is 2.29. The number of alkyl halides is 1. The molecule has 0 amide bonds. The third kappa shape index (κ3) is 0.916. The van der Waals surface area contributed by atoms with Crippen LogP contribution in [0.1, 0.15) is 11.5 Å². The van der Waals surface area contributed by atoms with E-state index in [0.29, 0.717) is 0 Å². The van der Waals surface area contributed by atoms with E-state index in [4.69, 9.17) is 4.42 Å². The molecular weight excluding hydrogens is 170 g/mol. The van der Waals surface area contributed by atoms with Gasteiger partial charge in [0.05, 0.1) is 5.69 Å². The smallest absolute Gasteiger partial charge is 0.181 e. The van der Waals surface area contributed by atoms with Crippen molar-refractivity contribution in [3.05, 3.63) is 17.8 Å². The Balaban J connectivity index is 2.92. The van der Waals surface area contributed by atoms with Crippen LogP contribution in [0.15, 0.2) is 10.8 Å². The topological polar surface area (TPSA) is 26.0 Å². The summed E-state index contributed by atoms with van der Waals surface area (Å²) in [4.78, 5) is 3.92. The van der Waals surface area contributed by atoms with Gasteiger partial charge in [0.15, 0.2) is 6.39 Å². The summed E-state index contributed by atoms with van der Waals surface area (Å²) in [5.41, 5.74) is 0.977. The monoisotopic (exact) mass is 175 g/mol. The molecule has 0 saturated heterocycles. The molecule has 0 N–H and O–H groups in total. The zero-order chi connectivity index (χ0) is 5.98. The summed E-state index contributed by atoms with van der Waals surface area (Å²) in [7, 11) is 0. The summed E-state index contributed by atoms with van der Waals surface area (Å²) in [5.74, 6) is 0.891. The van der Waals surface area contributed by atoms with Gasteiger partial charge in [-0.05, 0) is 6.92 Å². The summed E-state index contributed by atoms with van der Waals surface area (Å²) in [6.45, 7) is 1.89. The van der Waals surface area contributed by atoms with Crippen molar-refractivity contribution >= 4 is 15.9 Å². The Morgan fingerprint density at radius 1 is 1.88 bits per heavy atom. The van der Waals surface area contributed by atoms with Gasteiger partial charge in [-0.1, -0.05) is 15.9 Å². The van der Waals surface area contributed by atoms with E-state index in [1.165, 1.54) is 6.39 Å². The van der Waals surface area contributed by atoms with Gasteiger partial charge in [0, 0.05) is 5.33 Å². The summed E-state index contributed by atoms with van der Waals surface area (Å²) >= 11 is 3.26. The van der Waals surface area contributed by atoms with Crippen LogP contribution in [0.2, 0.25) is 0 Å². The van der Waals surface area contributed by atoms with Gasteiger partial charge in [-0.15, -0.1) is 0 Å². The van der Waals surface area contributed by atoms with Crippen LogP contribution in [0.3, 0.4) is 0 Å². The van der Waals surface area contributed by atoms with Crippen LogP contribution in [0, 0.1) is 6.92 Å². The first-order chi connectivity index (χ1) is 3.84. The number of aryl methyl sites for hydroxylation is 1. The number of aromatic nitrogens is 1. The van der Waals surface area contributed by atoms with Crippen LogP contribution in [-0.2, 0) is 5.33 Å². The zero-order valence-electron chi connectivity index (χ0n) is 4.52. The molecule has 0 unspecified atom stereocenters. The fourth-order valence-corrected chi connectivity index (χ4v) is 0.996. The van der Waals surface area contributed by atoms with Crippen molar-refractivity contribution < 1.29 is 4.42 Å². The molecule has 1 aromatic rings. The van der Waals surface area contributed by atoms with Crippen molar-refractivity contribution in [3.63, 3.8) is 0 Å². The Morgan fingerprint density at radius 3 is 2.88 bits per heavy atom. The highest BCUT2D eigenvalue weighted by atomic mass is 79.9. The third-order valence-corrected chi connectivity index (χ3v) is 1.50. The van der Waals surface area contributed by atoms with Crippen molar-refractivity contribution in [2.45, 2.75) is 12.3 Å². The molecule has 0 bridgehead atoms. The third-order valence-electron chi connectivity index (χ3n) is 0.971. The van der Waals surface area contributed by atoms with Crippen molar-refractivity contribution in [2.75, 3.05) is 0 Å². The number of oxazole rings is 1. The highest BCUT2D eigenvalue weighted by Crippen LogP contribution is 2.07. The summed E-state index contributed by atoms with van der Waals surface area (Å²) < 4.78 is 4.91. The number of halogens is 1. The van der Waals surface area contributed by atoms with Crippen LogP contribution in [0.25, 0.3) is 0 Å². The highest BCUT2D eigenvalue weighted by Gasteiger charge is 1.97. The second-order valence-corrected chi connectivity index (χ2v) is 2.05.